The fraction of sp³-hybridized carbons (Fsp3) is 0.680. The van der Waals surface area contributed by atoms with E-state index in [1.165, 1.54) is 62.1 Å². The predicted molar refractivity (Wildman–Crippen MR) is 130 cm³/mol. The summed E-state index contributed by atoms with van der Waals surface area (Å²) < 4.78 is 47.1. The highest BCUT2D eigenvalue weighted by Gasteiger charge is 2.35. The molecule has 0 bridgehead atoms. The molecule has 0 aromatic carbocycles. The van der Waals surface area contributed by atoms with Gasteiger partial charge in [0.15, 0.2) is 5.69 Å². The third kappa shape index (κ3) is 11.0. The molecule has 8 heteroatoms. The van der Waals surface area contributed by atoms with Crippen molar-refractivity contribution in [2.75, 3.05) is 6.61 Å². The Morgan fingerprint density at radius 3 is 2.06 bits per heavy atom. The Kier molecular flexibility index (Phi) is 11.4. The molecular formula is C25H37BrF3N3O. The third-order valence-corrected chi connectivity index (χ3v) is 5.97. The quantitative estimate of drug-likeness (QED) is 0.181. The van der Waals surface area contributed by atoms with E-state index in [0.717, 1.165) is 19.0 Å². The highest BCUT2D eigenvalue weighted by molar-refractivity contribution is 9.10. The molecule has 0 unspecified atom stereocenters. The van der Waals surface area contributed by atoms with E-state index in [0.29, 0.717) is 22.2 Å². The molecule has 0 atom stereocenters. The fourth-order valence-corrected chi connectivity index (χ4v) is 3.88. The number of pyridine rings is 1. The maximum atomic E-state index is 13.1. The van der Waals surface area contributed by atoms with Crippen molar-refractivity contribution >= 4 is 15.9 Å². The zero-order valence-electron chi connectivity index (χ0n) is 20.1. The zero-order chi connectivity index (χ0) is 24.3. The fourth-order valence-electron chi connectivity index (χ4n) is 3.65. The minimum Gasteiger partial charge on any atom is -0.361 e. The SMILES string of the molecule is CC(C)(C)CCCCCCCCCCCOCn1cc(C(F)(F)F)nc1-c1ccc(Br)nc1. The smallest absolute Gasteiger partial charge is 0.361 e. The Morgan fingerprint density at radius 1 is 0.909 bits per heavy atom. The van der Waals surface area contributed by atoms with Crippen molar-refractivity contribution in [3.63, 3.8) is 0 Å². The monoisotopic (exact) mass is 531 g/mol. The molecule has 2 rings (SSSR count). The highest BCUT2D eigenvalue weighted by Crippen LogP contribution is 2.31. The first kappa shape index (κ1) is 27.8. The topological polar surface area (TPSA) is 39.9 Å². The van der Waals surface area contributed by atoms with Crippen LogP contribution in [-0.2, 0) is 17.6 Å². The van der Waals surface area contributed by atoms with Gasteiger partial charge in [-0.15, -0.1) is 0 Å². The van der Waals surface area contributed by atoms with Crippen LogP contribution in [0.25, 0.3) is 11.4 Å². The van der Waals surface area contributed by atoms with Crippen molar-refractivity contribution in [1.82, 2.24) is 14.5 Å². The maximum Gasteiger partial charge on any atom is 0.434 e. The molecule has 2 aromatic rings. The van der Waals surface area contributed by atoms with Crippen molar-refractivity contribution in [2.45, 2.75) is 97.9 Å². The van der Waals surface area contributed by atoms with Gasteiger partial charge in [-0.1, -0.05) is 72.1 Å². The molecule has 0 amide bonds. The zero-order valence-corrected chi connectivity index (χ0v) is 21.6. The Balaban J connectivity index is 1.64. The molecule has 0 saturated heterocycles. The van der Waals surface area contributed by atoms with Gasteiger partial charge in [-0.25, -0.2) is 9.97 Å². The molecule has 0 aliphatic heterocycles. The molecule has 0 aliphatic rings. The van der Waals surface area contributed by atoms with E-state index in [9.17, 15) is 13.2 Å². The van der Waals surface area contributed by atoms with Gasteiger partial charge in [0.1, 0.15) is 17.2 Å². The van der Waals surface area contributed by atoms with E-state index < -0.39 is 11.9 Å². The average Bonchev–Trinajstić information content (AvgIpc) is 3.16. The molecule has 33 heavy (non-hydrogen) atoms. The minimum absolute atomic E-state index is 0.0308. The van der Waals surface area contributed by atoms with Crippen LogP contribution in [0.3, 0.4) is 0 Å². The summed E-state index contributed by atoms with van der Waals surface area (Å²) in [6, 6.07) is 3.36. The van der Waals surface area contributed by atoms with E-state index in [2.05, 4.69) is 46.7 Å². The summed E-state index contributed by atoms with van der Waals surface area (Å²) in [4.78, 5) is 7.86. The van der Waals surface area contributed by atoms with Gasteiger partial charge in [0.05, 0.1) is 0 Å². The lowest BCUT2D eigenvalue weighted by Gasteiger charge is -2.17. The normalized spacial score (nSPS) is 12.5. The molecule has 0 N–H and O–H groups in total. The number of nitrogens with zero attached hydrogens (tertiary/aromatic N) is 3. The van der Waals surface area contributed by atoms with Crippen LogP contribution < -0.4 is 0 Å². The third-order valence-electron chi connectivity index (χ3n) is 5.50. The van der Waals surface area contributed by atoms with Crippen LogP contribution in [0.4, 0.5) is 13.2 Å². The number of ether oxygens (including phenoxy) is 1. The molecular weight excluding hydrogens is 495 g/mol. The summed E-state index contributed by atoms with van der Waals surface area (Å²) >= 11 is 3.23. The van der Waals surface area contributed by atoms with Crippen LogP contribution >= 0.6 is 15.9 Å². The minimum atomic E-state index is -4.50. The Morgan fingerprint density at radius 2 is 1.52 bits per heavy atom. The van der Waals surface area contributed by atoms with Crippen molar-refractivity contribution in [3.05, 3.63) is 34.8 Å². The lowest BCUT2D eigenvalue weighted by atomic mass is 9.89. The number of alkyl halides is 3. The molecule has 186 valence electrons. The largest absolute Gasteiger partial charge is 0.434 e. The highest BCUT2D eigenvalue weighted by atomic mass is 79.9. The molecule has 0 aliphatic carbocycles. The number of imidazole rings is 1. The van der Waals surface area contributed by atoms with Gasteiger partial charge in [-0.3, -0.25) is 0 Å². The molecule has 0 spiro atoms. The van der Waals surface area contributed by atoms with Crippen LogP contribution in [0.15, 0.2) is 29.1 Å². The van der Waals surface area contributed by atoms with E-state index in [1.54, 1.807) is 12.1 Å². The van der Waals surface area contributed by atoms with Gasteiger partial charge in [0.25, 0.3) is 0 Å². The van der Waals surface area contributed by atoms with Crippen LogP contribution in [0.2, 0.25) is 0 Å². The number of unbranched alkanes of at least 4 members (excludes halogenated alkanes) is 8. The summed E-state index contributed by atoms with van der Waals surface area (Å²) in [5.74, 6) is 0.199. The first-order valence-corrected chi connectivity index (χ1v) is 12.7. The molecule has 4 nitrogen and oxygen atoms in total. The first-order valence-electron chi connectivity index (χ1n) is 11.9. The summed E-state index contributed by atoms with van der Waals surface area (Å²) in [6.45, 7) is 7.44. The summed E-state index contributed by atoms with van der Waals surface area (Å²) in [5, 5.41) is 0. The standard InChI is InChI=1S/C25H37BrF3N3O/c1-24(2,3)15-11-9-7-5-4-6-8-10-12-16-33-19-32-18-21(25(27,28)29)31-23(32)20-13-14-22(26)30-17-20/h13-14,17-18H,4-12,15-16,19H2,1-3H3. The Hall–Kier alpha value is -1.41. The van der Waals surface area contributed by atoms with Crippen LogP contribution in [0.5, 0.6) is 0 Å². The summed E-state index contributed by atoms with van der Waals surface area (Å²) in [6.07, 6.45) is 10.2. The first-order chi connectivity index (χ1) is 15.6. The summed E-state index contributed by atoms with van der Waals surface area (Å²) in [7, 11) is 0. The van der Waals surface area contributed by atoms with E-state index in [4.69, 9.17) is 4.74 Å². The van der Waals surface area contributed by atoms with Gasteiger partial charge in [-0.2, -0.15) is 13.2 Å². The van der Waals surface area contributed by atoms with Crippen molar-refractivity contribution in [2.24, 2.45) is 5.41 Å². The van der Waals surface area contributed by atoms with Crippen LogP contribution in [0, 0.1) is 5.41 Å². The Labute approximate surface area is 204 Å². The van der Waals surface area contributed by atoms with E-state index in [1.807, 2.05) is 0 Å². The average molecular weight is 532 g/mol. The summed E-state index contributed by atoms with van der Waals surface area (Å²) in [5.41, 5.74) is 0.0243. The molecule has 0 radical (unpaired) electrons. The predicted octanol–water partition coefficient (Wildman–Crippen LogP) is 8.65. The van der Waals surface area contributed by atoms with Gasteiger partial charge in [-0.05, 0) is 46.3 Å². The molecule has 2 aromatic heterocycles. The second-order valence-corrected chi connectivity index (χ2v) is 10.6. The maximum absolute atomic E-state index is 13.1. The number of rotatable bonds is 14. The van der Waals surface area contributed by atoms with E-state index >= 15 is 0 Å². The van der Waals surface area contributed by atoms with Gasteiger partial charge < -0.3 is 9.30 Å². The second-order valence-electron chi connectivity index (χ2n) is 9.82. The van der Waals surface area contributed by atoms with Gasteiger partial charge in [0, 0.05) is 24.6 Å². The lowest BCUT2D eigenvalue weighted by molar-refractivity contribution is -0.141. The number of aromatic nitrogens is 3. The van der Waals surface area contributed by atoms with Gasteiger partial charge >= 0.3 is 6.18 Å². The van der Waals surface area contributed by atoms with E-state index in [-0.39, 0.29) is 12.6 Å². The van der Waals surface area contributed by atoms with Crippen molar-refractivity contribution < 1.29 is 17.9 Å². The Bertz CT molecular complexity index is 814. The van der Waals surface area contributed by atoms with Gasteiger partial charge in [0.2, 0.25) is 0 Å². The van der Waals surface area contributed by atoms with Crippen molar-refractivity contribution in [1.29, 1.82) is 0 Å². The second kappa shape index (κ2) is 13.5. The number of hydrogen-bond donors (Lipinski definition) is 0. The van der Waals surface area contributed by atoms with Crippen molar-refractivity contribution in [3.8, 4) is 11.4 Å². The number of hydrogen-bond acceptors (Lipinski definition) is 3. The number of halogens is 4. The van der Waals surface area contributed by atoms with Crippen LogP contribution in [-0.4, -0.2) is 21.1 Å². The molecule has 0 saturated carbocycles. The lowest BCUT2D eigenvalue weighted by Crippen LogP contribution is -2.06. The molecule has 0 fully saturated rings. The van der Waals surface area contributed by atoms with Crippen LogP contribution in [0.1, 0.15) is 90.7 Å². The molecule has 2 heterocycles.